The number of piperidine rings is 1. The summed E-state index contributed by atoms with van der Waals surface area (Å²) in [6.07, 6.45) is 2.59. The first-order valence-corrected chi connectivity index (χ1v) is 11.7. The second-order valence-corrected chi connectivity index (χ2v) is 10.7. The number of aromatic nitrogens is 1. The maximum Gasteiger partial charge on any atom is 0.0545 e. The Labute approximate surface area is 185 Å². The molecular weight excluding hydrogens is 376 g/mol. The number of hydrogen-bond acceptors (Lipinski definition) is 1. The summed E-state index contributed by atoms with van der Waals surface area (Å²) in [6.45, 7) is 12.2. The van der Waals surface area contributed by atoms with Crippen LogP contribution in [0.15, 0.2) is 66.7 Å². The third-order valence-corrected chi connectivity index (χ3v) is 8.82. The predicted molar refractivity (Wildman–Crippen MR) is 132 cm³/mol. The SMILES string of the molecule is Cc1cc2c(cc1N1C(C)C3(C)CC1(C)CC3C)c1ccccc1n2-c1ccccc1. The zero-order valence-electron chi connectivity index (χ0n) is 19.3. The maximum atomic E-state index is 2.77. The summed E-state index contributed by atoms with van der Waals surface area (Å²) in [5, 5.41) is 2.70. The van der Waals surface area contributed by atoms with Crippen molar-refractivity contribution in [3.8, 4) is 5.69 Å². The molecule has 0 radical (unpaired) electrons. The van der Waals surface area contributed by atoms with Gasteiger partial charge in [-0.1, -0.05) is 50.2 Å². The molecule has 1 saturated heterocycles. The number of anilines is 1. The van der Waals surface area contributed by atoms with Crippen molar-refractivity contribution in [1.29, 1.82) is 0 Å². The van der Waals surface area contributed by atoms with E-state index < -0.39 is 0 Å². The molecule has 0 spiro atoms. The molecule has 158 valence electrons. The van der Waals surface area contributed by atoms with Gasteiger partial charge in [0.1, 0.15) is 0 Å². The molecule has 31 heavy (non-hydrogen) atoms. The molecule has 0 amide bonds. The molecule has 2 aliphatic rings. The highest BCUT2D eigenvalue weighted by molar-refractivity contribution is 6.10. The zero-order valence-corrected chi connectivity index (χ0v) is 19.3. The van der Waals surface area contributed by atoms with Gasteiger partial charge in [-0.25, -0.2) is 0 Å². The fraction of sp³-hybridized carbons (Fsp3) is 0.379. The maximum absolute atomic E-state index is 2.77. The lowest BCUT2D eigenvalue weighted by Gasteiger charge is -2.47. The number of hydrogen-bond donors (Lipinski definition) is 0. The minimum Gasteiger partial charge on any atom is -0.363 e. The van der Waals surface area contributed by atoms with E-state index in [1.165, 1.54) is 51.6 Å². The van der Waals surface area contributed by atoms with Gasteiger partial charge in [-0.3, -0.25) is 0 Å². The average Bonchev–Trinajstić information content (AvgIpc) is 3.27. The molecule has 1 aliphatic heterocycles. The van der Waals surface area contributed by atoms with Crippen molar-refractivity contribution < 1.29 is 0 Å². The monoisotopic (exact) mass is 408 g/mol. The molecule has 2 heterocycles. The van der Waals surface area contributed by atoms with Gasteiger partial charge >= 0.3 is 0 Å². The summed E-state index contributed by atoms with van der Waals surface area (Å²) in [4.78, 5) is 2.77. The van der Waals surface area contributed by atoms with Gasteiger partial charge in [0.15, 0.2) is 0 Å². The summed E-state index contributed by atoms with van der Waals surface area (Å²) < 4.78 is 2.42. The average molecular weight is 409 g/mol. The van der Waals surface area contributed by atoms with Crippen molar-refractivity contribution >= 4 is 27.5 Å². The van der Waals surface area contributed by atoms with Crippen molar-refractivity contribution in [1.82, 2.24) is 4.57 Å². The lowest BCUT2D eigenvalue weighted by atomic mass is 9.75. The van der Waals surface area contributed by atoms with Crippen LogP contribution >= 0.6 is 0 Å². The van der Waals surface area contributed by atoms with Crippen LogP contribution in [-0.2, 0) is 0 Å². The first-order valence-electron chi connectivity index (χ1n) is 11.7. The lowest BCUT2D eigenvalue weighted by Crippen LogP contribution is -2.51. The van der Waals surface area contributed by atoms with E-state index in [0.29, 0.717) is 11.5 Å². The number of para-hydroxylation sites is 2. The van der Waals surface area contributed by atoms with Gasteiger partial charge in [-0.05, 0) is 80.8 Å². The molecule has 2 nitrogen and oxygen atoms in total. The van der Waals surface area contributed by atoms with Crippen LogP contribution < -0.4 is 4.90 Å². The van der Waals surface area contributed by atoms with E-state index in [0.717, 1.165) is 5.92 Å². The second-order valence-electron chi connectivity index (χ2n) is 10.7. The number of nitrogens with zero attached hydrogens (tertiary/aromatic N) is 2. The van der Waals surface area contributed by atoms with Crippen molar-refractivity contribution in [2.75, 3.05) is 4.90 Å². The van der Waals surface area contributed by atoms with Gasteiger partial charge in [0.05, 0.1) is 11.0 Å². The van der Waals surface area contributed by atoms with Crippen LogP contribution in [0.2, 0.25) is 0 Å². The highest BCUT2D eigenvalue weighted by atomic mass is 15.3. The summed E-state index contributed by atoms with van der Waals surface area (Å²) in [5.74, 6) is 0.785. The Morgan fingerprint density at radius 3 is 2.26 bits per heavy atom. The highest BCUT2D eigenvalue weighted by Crippen LogP contribution is 2.62. The van der Waals surface area contributed by atoms with Crippen LogP contribution in [0, 0.1) is 18.3 Å². The van der Waals surface area contributed by atoms with E-state index in [-0.39, 0.29) is 5.54 Å². The Bertz CT molecular complexity index is 1320. The van der Waals surface area contributed by atoms with Crippen molar-refractivity contribution in [2.45, 2.75) is 59.0 Å². The molecule has 2 fully saturated rings. The number of benzene rings is 3. The summed E-state index contributed by atoms with van der Waals surface area (Å²) in [6, 6.07) is 25.1. The Morgan fingerprint density at radius 1 is 0.839 bits per heavy atom. The van der Waals surface area contributed by atoms with Crippen LogP contribution in [-0.4, -0.2) is 16.1 Å². The van der Waals surface area contributed by atoms with E-state index >= 15 is 0 Å². The largest absolute Gasteiger partial charge is 0.363 e. The Hall–Kier alpha value is -2.74. The first-order chi connectivity index (χ1) is 14.8. The molecule has 4 unspecified atom stereocenters. The van der Waals surface area contributed by atoms with Crippen molar-refractivity contribution in [3.63, 3.8) is 0 Å². The fourth-order valence-electron chi connectivity index (χ4n) is 7.19. The van der Waals surface area contributed by atoms with Crippen molar-refractivity contribution in [3.05, 3.63) is 72.3 Å². The summed E-state index contributed by atoms with van der Waals surface area (Å²) in [5.41, 5.74) is 7.26. The molecule has 6 rings (SSSR count). The van der Waals surface area contributed by atoms with Gasteiger partial charge in [-0.2, -0.15) is 0 Å². The second kappa shape index (κ2) is 6.16. The molecule has 3 aromatic carbocycles. The molecular formula is C29H32N2. The van der Waals surface area contributed by atoms with Gasteiger partial charge in [0, 0.05) is 33.7 Å². The molecule has 2 bridgehead atoms. The van der Waals surface area contributed by atoms with Crippen LogP contribution in [0.3, 0.4) is 0 Å². The van der Waals surface area contributed by atoms with Crippen LogP contribution in [0.1, 0.15) is 46.1 Å². The van der Waals surface area contributed by atoms with Gasteiger partial charge in [0.2, 0.25) is 0 Å². The topological polar surface area (TPSA) is 8.17 Å². The van der Waals surface area contributed by atoms with E-state index in [1.54, 1.807) is 0 Å². The lowest BCUT2D eigenvalue weighted by molar-refractivity contribution is 0.200. The van der Waals surface area contributed by atoms with E-state index in [4.69, 9.17) is 0 Å². The van der Waals surface area contributed by atoms with Crippen LogP contribution in [0.25, 0.3) is 27.5 Å². The Balaban J connectivity index is 1.62. The summed E-state index contributed by atoms with van der Waals surface area (Å²) in [7, 11) is 0. The Morgan fingerprint density at radius 2 is 1.55 bits per heavy atom. The minimum absolute atomic E-state index is 0.254. The minimum atomic E-state index is 0.254. The van der Waals surface area contributed by atoms with Crippen LogP contribution in [0.4, 0.5) is 5.69 Å². The molecule has 0 N–H and O–H groups in total. The first kappa shape index (κ1) is 19.0. The molecule has 1 aromatic heterocycles. The van der Waals surface area contributed by atoms with E-state index in [2.05, 4.69) is 111 Å². The van der Waals surface area contributed by atoms with Crippen LogP contribution in [0.5, 0.6) is 0 Å². The summed E-state index contributed by atoms with van der Waals surface area (Å²) >= 11 is 0. The molecule has 1 saturated carbocycles. The number of aryl methyl sites for hydroxylation is 1. The number of fused-ring (bicyclic) bond motifs is 5. The molecule has 1 aliphatic carbocycles. The zero-order chi connectivity index (χ0) is 21.5. The normalized spacial score (nSPS) is 30.0. The van der Waals surface area contributed by atoms with Gasteiger partial charge in [-0.15, -0.1) is 0 Å². The standard InChI is InChI=1S/C29H32N2/c1-19-15-27-24(16-26(19)31-21(3)29(5)18-28(31,4)17-20(29)2)23-13-9-10-14-25(23)30(27)22-11-7-6-8-12-22/h6-16,20-21H,17-18H2,1-5H3. The third kappa shape index (κ3) is 2.39. The number of rotatable bonds is 2. The van der Waals surface area contributed by atoms with E-state index in [1.807, 2.05) is 0 Å². The molecule has 2 heteroatoms. The fourth-order valence-corrected chi connectivity index (χ4v) is 7.19. The Kier molecular flexibility index (Phi) is 3.77. The predicted octanol–water partition coefficient (Wildman–Crippen LogP) is 7.50. The molecule has 4 aromatic rings. The van der Waals surface area contributed by atoms with Gasteiger partial charge in [0.25, 0.3) is 0 Å². The molecule has 4 atom stereocenters. The quantitative estimate of drug-likeness (QED) is 0.333. The highest BCUT2D eigenvalue weighted by Gasteiger charge is 2.62. The smallest absolute Gasteiger partial charge is 0.0545 e. The van der Waals surface area contributed by atoms with Crippen molar-refractivity contribution in [2.24, 2.45) is 11.3 Å². The third-order valence-electron chi connectivity index (χ3n) is 8.82. The van der Waals surface area contributed by atoms with Gasteiger partial charge < -0.3 is 9.47 Å². The van der Waals surface area contributed by atoms with E-state index in [9.17, 15) is 0 Å².